The minimum Gasteiger partial charge on any atom is -0.303 e. The van der Waals surface area contributed by atoms with E-state index in [1.165, 1.54) is 45.3 Å². The standard InChI is InChI=1S/C11H24ClN/c1-3-5-9-13(10-6-4-2)11-7-8-12/h3-11H2,1-2H3. The van der Waals surface area contributed by atoms with Crippen LogP contribution in [0.1, 0.15) is 46.0 Å². The molecule has 0 amide bonds. The number of hydrogen-bond acceptors (Lipinski definition) is 1. The largest absolute Gasteiger partial charge is 0.303 e. The lowest BCUT2D eigenvalue weighted by Gasteiger charge is -2.21. The van der Waals surface area contributed by atoms with Gasteiger partial charge >= 0.3 is 0 Å². The molecule has 0 bridgehead atoms. The van der Waals surface area contributed by atoms with Crippen LogP contribution in [0.15, 0.2) is 0 Å². The molecule has 0 aliphatic rings. The van der Waals surface area contributed by atoms with E-state index in [1.807, 2.05) is 0 Å². The Morgan fingerprint density at radius 3 is 1.69 bits per heavy atom. The van der Waals surface area contributed by atoms with E-state index in [0.29, 0.717) is 0 Å². The van der Waals surface area contributed by atoms with Crippen molar-refractivity contribution in [2.24, 2.45) is 0 Å². The number of alkyl halides is 1. The molecule has 0 fully saturated rings. The molecular formula is C11H24ClN. The third kappa shape index (κ3) is 8.58. The van der Waals surface area contributed by atoms with Crippen LogP contribution in [-0.2, 0) is 0 Å². The topological polar surface area (TPSA) is 3.24 Å². The first-order valence-electron chi connectivity index (χ1n) is 5.63. The quantitative estimate of drug-likeness (QED) is 0.521. The van der Waals surface area contributed by atoms with Crippen molar-refractivity contribution >= 4 is 11.6 Å². The number of halogens is 1. The summed E-state index contributed by atoms with van der Waals surface area (Å²) in [5.41, 5.74) is 0. The zero-order valence-corrected chi connectivity index (χ0v) is 9.95. The fraction of sp³-hybridized carbons (Fsp3) is 1.00. The van der Waals surface area contributed by atoms with E-state index < -0.39 is 0 Å². The van der Waals surface area contributed by atoms with E-state index in [9.17, 15) is 0 Å². The van der Waals surface area contributed by atoms with Crippen LogP contribution in [0.3, 0.4) is 0 Å². The normalized spacial score (nSPS) is 11.1. The van der Waals surface area contributed by atoms with Gasteiger partial charge in [-0.15, -0.1) is 11.6 Å². The van der Waals surface area contributed by atoms with Gasteiger partial charge in [0.05, 0.1) is 0 Å². The van der Waals surface area contributed by atoms with Gasteiger partial charge in [0.1, 0.15) is 0 Å². The molecule has 0 aromatic rings. The Hall–Kier alpha value is 0.250. The van der Waals surface area contributed by atoms with Crippen LogP contribution in [0.5, 0.6) is 0 Å². The summed E-state index contributed by atoms with van der Waals surface area (Å²) in [6, 6.07) is 0. The van der Waals surface area contributed by atoms with Gasteiger partial charge in [0, 0.05) is 5.88 Å². The van der Waals surface area contributed by atoms with E-state index >= 15 is 0 Å². The molecule has 13 heavy (non-hydrogen) atoms. The molecule has 0 aliphatic heterocycles. The Morgan fingerprint density at radius 1 is 0.846 bits per heavy atom. The summed E-state index contributed by atoms with van der Waals surface area (Å²) < 4.78 is 0. The van der Waals surface area contributed by atoms with E-state index in [1.54, 1.807) is 0 Å². The van der Waals surface area contributed by atoms with Gasteiger partial charge in [-0.1, -0.05) is 26.7 Å². The van der Waals surface area contributed by atoms with Crippen LogP contribution in [0.2, 0.25) is 0 Å². The van der Waals surface area contributed by atoms with Crippen LogP contribution in [0, 0.1) is 0 Å². The first-order chi connectivity index (χ1) is 6.35. The van der Waals surface area contributed by atoms with Crippen molar-refractivity contribution in [2.75, 3.05) is 25.5 Å². The second-order valence-corrected chi connectivity index (χ2v) is 3.97. The van der Waals surface area contributed by atoms with Gasteiger partial charge in [-0.2, -0.15) is 0 Å². The van der Waals surface area contributed by atoms with Crippen molar-refractivity contribution in [1.29, 1.82) is 0 Å². The maximum absolute atomic E-state index is 5.69. The third-order valence-corrected chi connectivity index (χ3v) is 2.53. The minimum absolute atomic E-state index is 0.800. The molecule has 0 heterocycles. The average molecular weight is 206 g/mol. The van der Waals surface area contributed by atoms with Crippen molar-refractivity contribution in [3.63, 3.8) is 0 Å². The molecule has 0 atom stereocenters. The molecule has 0 spiro atoms. The van der Waals surface area contributed by atoms with Crippen LogP contribution < -0.4 is 0 Å². The van der Waals surface area contributed by atoms with Crippen LogP contribution in [0.25, 0.3) is 0 Å². The van der Waals surface area contributed by atoms with E-state index in [0.717, 1.165) is 12.3 Å². The summed E-state index contributed by atoms with van der Waals surface area (Å²) >= 11 is 5.69. The van der Waals surface area contributed by atoms with Gasteiger partial charge in [0.2, 0.25) is 0 Å². The molecular weight excluding hydrogens is 182 g/mol. The molecule has 0 aromatic carbocycles. The SMILES string of the molecule is CCCCN(CCCC)CCCCl. The van der Waals surface area contributed by atoms with Gasteiger partial charge in [0.25, 0.3) is 0 Å². The Kier molecular flexibility index (Phi) is 10.5. The van der Waals surface area contributed by atoms with Gasteiger partial charge in [0.15, 0.2) is 0 Å². The van der Waals surface area contributed by atoms with E-state index in [2.05, 4.69) is 18.7 Å². The maximum Gasteiger partial charge on any atom is 0.0235 e. The minimum atomic E-state index is 0.800. The number of rotatable bonds is 9. The highest BCUT2D eigenvalue weighted by Gasteiger charge is 2.02. The molecule has 2 heteroatoms. The lowest BCUT2D eigenvalue weighted by Crippen LogP contribution is -2.27. The molecule has 0 radical (unpaired) electrons. The summed E-state index contributed by atoms with van der Waals surface area (Å²) in [6.07, 6.45) is 6.37. The molecule has 0 aliphatic carbocycles. The molecule has 80 valence electrons. The van der Waals surface area contributed by atoms with Crippen molar-refractivity contribution in [3.8, 4) is 0 Å². The molecule has 0 aromatic heterocycles. The van der Waals surface area contributed by atoms with E-state index in [4.69, 9.17) is 11.6 Å². The predicted molar refractivity (Wildman–Crippen MR) is 61.6 cm³/mol. The molecule has 0 unspecified atom stereocenters. The zero-order chi connectivity index (χ0) is 9.94. The van der Waals surface area contributed by atoms with Gasteiger partial charge in [-0.25, -0.2) is 0 Å². The maximum atomic E-state index is 5.69. The summed E-state index contributed by atoms with van der Waals surface area (Å²) in [6.45, 7) is 8.20. The Bertz CT molecular complexity index is 77.1. The third-order valence-electron chi connectivity index (χ3n) is 2.26. The van der Waals surface area contributed by atoms with Gasteiger partial charge < -0.3 is 4.90 Å². The second-order valence-electron chi connectivity index (χ2n) is 3.59. The Morgan fingerprint density at radius 2 is 1.31 bits per heavy atom. The summed E-state index contributed by atoms with van der Waals surface area (Å²) in [7, 11) is 0. The first-order valence-corrected chi connectivity index (χ1v) is 6.16. The Labute approximate surface area is 88.5 Å². The van der Waals surface area contributed by atoms with Crippen molar-refractivity contribution in [1.82, 2.24) is 4.90 Å². The molecule has 0 saturated heterocycles. The lowest BCUT2D eigenvalue weighted by molar-refractivity contribution is 0.266. The fourth-order valence-electron chi connectivity index (χ4n) is 1.38. The summed E-state index contributed by atoms with van der Waals surface area (Å²) in [5, 5.41) is 0. The fourth-order valence-corrected chi connectivity index (χ4v) is 1.50. The molecule has 1 nitrogen and oxygen atoms in total. The van der Waals surface area contributed by atoms with Gasteiger partial charge in [-0.05, 0) is 38.9 Å². The highest BCUT2D eigenvalue weighted by atomic mass is 35.5. The number of nitrogens with zero attached hydrogens (tertiary/aromatic N) is 1. The Balaban J connectivity index is 3.47. The molecule has 0 saturated carbocycles. The monoisotopic (exact) mass is 205 g/mol. The summed E-state index contributed by atoms with van der Waals surface area (Å²) in [5.74, 6) is 0.800. The lowest BCUT2D eigenvalue weighted by atomic mass is 10.2. The average Bonchev–Trinajstić information content (AvgIpc) is 2.17. The predicted octanol–water partition coefficient (Wildman–Crippen LogP) is 3.52. The number of hydrogen-bond donors (Lipinski definition) is 0. The molecule has 0 N–H and O–H groups in total. The first kappa shape index (κ1) is 13.2. The highest BCUT2D eigenvalue weighted by Crippen LogP contribution is 2.00. The van der Waals surface area contributed by atoms with Crippen LogP contribution in [0.4, 0.5) is 0 Å². The van der Waals surface area contributed by atoms with Crippen molar-refractivity contribution in [3.05, 3.63) is 0 Å². The van der Waals surface area contributed by atoms with Gasteiger partial charge in [-0.3, -0.25) is 0 Å². The zero-order valence-electron chi connectivity index (χ0n) is 9.19. The number of unbranched alkanes of at least 4 members (excludes halogenated alkanes) is 2. The van der Waals surface area contributed by atoms with Crippen LogP contribution in [-0.4, -0.2) is 30.4 Å². The molecule has 0 rings (SSSR count). The smallest absolute Gasteiger partial charge is 0.0235 e. The summed E-state index contributed by atoms with van der Waals surface area (Å²) in [4.78, 5) is 2.55. The highest BCUT2D eigenvalue weighted by molar-refractivity contribution is 6.17. The van der Waals surface area contributed by atoms with Crippen molar-refractivity contribution < 1.29 is 0 Å². The van der Waals surface area contributed by atoms with Crippen LogP contribution >= 0.6 is 11.6 Å². The second kappa shape index (κ2) is 10.3. The van der Waals surface area contributed by atoms with E-state index in [-0.39, 0.29) is 0 Å². The van der Waals surface area contributed by atoms with Crippen molar-refractivity contribution in [2.45, 2.75) is 46.0 Å².